The van der Waals surface area contributed by atoms with E-state index in [9.17, 15) is 4.79 Å². The lowest BCUT2D eigenvalue weighted by Gasteiger charge is -2.13. The van der Waals surface area contributed by atoms with Crippen LogP contribution in [0.4, 0.5) is 0 Å². The van der Waals surface area contributed by atoms with E-state index in [2.05, 4.69) is 15.6 Å². The normalized spacial score (nSPS) is 11.3. The van der Waals surface area contributed by atoms with E-state index in [-0.39, 0.29) is 12.5 Å². The Kier molecular flexibility index (Phi) is 12.8. The van der Waals surface area contributed by atoms with Crippen molar-refractivity contribution in [2.45, 2.75) is 19.8 Å². The molecule has 0 fully saturated rings. The highest BCUT2D eigenvalue weighted by atomic mass is 16.5. The van der Waals surface area contributed by atoms with Crippen molar-refractivity contribution in [2.75, 3.05) is 60.7 Å². The maximum atomic E-state index is 11.6. The summed E-state index contributed by atoms with van der Waals surface area (Å²) < 4.78 is 10.3. The van der Waals surface area contributed by atoms with Gasteiger partial charge in [0.05, 0.1) is 0 Å². The Morgan fingerprint density at radius 3 is 2.29 bits per heavy atom. The lowest BCUT2D eigenvalue weighted by Crippen LogP contribution is -2.40. The molecule has 0 saturated heterocycles. The second-order valence-electron chi connectivity index (χ2n) is 4.70. The molecular weight excluding hydrogens is 272 g/mol. The Balaban J connectivity index is 4.13. The minimum absolute atomic E-state index is 0.0256. The van der Waals surface area contributed by atoms with Crippen molar-refractivity contribution in [2.24, 2.45) is 4.99 Å². The van der Waals surface area contributed by atoms with E-state index in [4.69, 9.17) is 9.47 Å². The van der Waals surface area contributed by atoms with Gasteiger partial charge in [0.1, 0.15) is 6.54 Å². The zero-order valence-corrected chi connectivity index (χ0v) is 13.8. The molecule has 21 heavy (non-hydrogen) atoms. The lowest BCUT2D eigenvalue weighted by molar-refractivity contribution is -0.127. The van der Waals surface area contributed by atoms with Crippen LogP contribution in [0.5, 0.6) is 0 Å². The fourth-order valence-electron chi connectivity index (χ4n) is 1.41. The molecular formula is C14H30N4O3. The van der Waals surface area contributed by atoms with E-state index in [1.54, 1.807) is 21.2 Å². The van der Waals surface area contributed by atoms with Crippen molar-refractivity contribution in [3.8, 4) is 0 Å². The second-order valence-corrected chi connectivity index (χ2v) is 4.70. The van der Waals surface area contributed by atoms with Gasteiger partial charge in [0, 0.05) is 54.1 Å². The summed E-state index contributed by atoms with van der Waals surface area (Å²) in [4.78, 5) is 17.4. The van der Waals surface area contributed by atoms with Gasteiger partial charge in [-0.05, 0) is 19.8 Å². The molecule has 0 unspecified atom stereocenters. The molecule has 0 bridgehead atoms. The van der Waals surface area contributed by atoms with Gasteiger partial charge >= 0.3 is 0 Å². The molecule has 0 aliphatic carbocycles. The Morgan fingerprint density at radius 2 is 1.76 bits per heavy atom. The minimum atomic E-state index is -0.0256. The maximum Gasteiger partial charge on any atom is 0.243 e. The van der Waals surface area contributed by atoms with E-state index >= 15 is 0 Å². The van der Waals surface area contributed by atoms with Crippen molar-refractivity contribution in [3.05, 3.63) is 0 Å². The highest BCUT2D eigenvalue weighted by Crippen LogP contribution is 1.85. The van der Waals surface area contributed by atoms with E-state index in [1.165, 1.54) is 4.90 Å². The number of rotatable bonds is 11. The highest BCUT2D eigenvalue weighted by Gasteiger charge is 2.04. The number of ether oxygens (including phenoxy) is 2. The smallest absolute Gasteiger partial charge is 0.243 e. The first-order valence-electron chi connectivity index (χ1n) is 7.40. The number of likely N-dealkylation sites (N-methyl/N-ethyl adjacent to an activating group) is 1. The van der Waals surface area contributed by atoms with Gasteiger partial charge in [-0.15, -0.1) is 0 Å². The largest absolute Gasteiger partial charge is 0.385 e. The maximum absolute atomic E-state index is 11.6. The molecule has 0 radical (unpaired) electrons. The second kappa shape index (κ2) is 13.6. The van der Waals surface area contributed by atoms with Crippen molar-refractivity contribution in [3.63, 3.8) is 0 Å². The first-order valence-corrected chi connectivity index (χ1v) is 7.40. The van der Waals surface area contributed by atoms with Crippen LogP contribution in [-0.2, 0) is 14.3 Å². The number of nitrogens with one attached hydrogen (secondary N) is 2. The van der Waals surface area contributed by atoms with E-state index < -0.39 is 0 Å². The minimum Gasteiger partial charge on any atom is -0.385 e. The standard InChI is InChI=1S/C14H30N4O3/c1-5-21-11-7-9-16-14(15-8-6-10-20-4)17-12-13(19)18(2)3/h5-12H2,1-4H3,(H2,15,16,17). The molecule has 0 aliphatic rings. The zero-order chi connectivity index (χ0) is 15.9. The van der Waals surface area contributed by atoms with Gasteiger partial charge in [-0.1, -0.05) is 0 Å². The van der Waals surface area contributed by atoms with E-state index in [0.29, 0.717) is 12.6 Å². The number of nitrogens with zero attached hydrogens (tertiary/aromatic N) is 2. The molecule has 0 aromatic rings. The summed E-state index contributed by atoms with van der Waals surface area (Å²) in [5.74, 6) is 0.625. The summed E-state index contributed by atoms with van der Waals surface area (Å²) in [6.07, 6.45) is 1.78. The van der Waals surface area contributed by atoms with Crippen LogP contribution in [0.1, 0.15) is 19.8 Å². The number of guanidine groups is 1. The molecule has 0 aromatic carbocycles. The average molecular weight is 302 g/mol. The highest BCUT2D eigenvalue weighted by molar-refractivity contribution is 5.84. The van der Waals surface area contributed by atoms with Crippen molar-refractivity contribution >= 4 is 11.9 Å². The predicted octanol–water partition coefficient (Wildman–Crippen LogP) is 0.0729. The first kappa shape index (κ1) is 19.7. The number of hydrogen-bond acceptors (Lipinski definition) is 4. The van der Waals surface area contributed by atoms with Gasteiger partial charge in [-0.25, -0.2) is 4.99 Å². The van der Waals surface area contributed by atoms with E-state index in [0.717, 1.165) is 39.1 Å². The van der Waals surface area contributed by atoms with Crippen LogP contribution in [0, 0.1) is 0 Å². The lowest BCUT2D eigenvalue weighted by atomic mass is 10.4. The molecule has 7 nitrogen and oxygen atoms in total. The van der Waals surface area contributed by atoms with Crippen LogP contribution >= 0.6 is 0 Å². The van der Waals surface area contributed by atoms with Crippen molar-refractivity contribution < 1.29 is 14.3 Å². The van der Waals surface area contributed by atoms with Gasteiger partial charge in [-0.3, -0.25) is 4.79 Å². The van der Waals surface area contributed by atoms with Crippen LogP contribution in [0.2, 0.25) is 0 Å². The Hall–Kier alpha value is -1.34. The van der Waals surface area contributed by atoms with Gasteiger partial charge in [-0.2, -0.15) is 0 Å². The van der Waals surface area contributed by atoms with Gasteiger partial charge in [0.25, 0.3) is 0 Å². The molecule has 0 spiro atoms. The third-order valence-electron chi connectivity index (χ3n) is 2.65. The van der Waals surface area contributed by atoms with Crippen LogP contribution in [-0.4, -0.2) is 77.4 Å². The fraction of sp³-hybridized carbons (Fsp3) is 0.857. The van der Waals surface area contributed by atoms with Gasteiger partial charge < -0.3 is 25.0 Å². The average Bonchev–Trinajstić information content (AvgIpc) is 2.47. The molecule has 0 rings (SSSR count). The SMILES string of the molecule is CCOCCCNC(=NCC(=O)N(C)C)NCCCOC. The molecule has 0 aliphatic heterocycles. The third-order valence-corrected chi connectivity index (χ3v) is 2.65. The molecule has 0 aromatic heterocycles. The summed E-state index contributed by atoms with van der Waals surface area (Å²) in [6, 6.07) is 0. The molecule has 7 heteroatoms. The molecule has 124 valence electrons. The number of aliphatic imine (C=N–C) groups is 1. The van der Waals surface area contributed by atoms with Crippen molar-refractivity contribution in [1.29, 1.82) is 0 Å². The van der Waals surface area contributed by atoms with Crippen LogP contribution in [0.15, 0.2) is 4.99 Å². The summed E-state index contributed by atoms with van der Waals surface area (Å²) in [5.41, 5.74) is 0. The zero-order valence-electron chi connectivity index (χ0n) is 13.8. The number of amides is 1. The quantitative estimate of drug-likeness (QED) is 0.321. The first-order chi connectivity index (χ1) is 10.1. The molecule has 0 heterocycles. The number of methoxy groups -OCH3 is 1. The van der Waals surface area contributed by atoms with Crippen LogP contribution < -0.4 is 10.6 Å². The van der Waals surface area contributed by atoms with Crippen LogP contribution in [0.3, 0.4) is 0 Å². The third kappa shape index (κ3) is 12.1. The van der Waals surface area contributed by atoms with E-state index in [1.807, 2.05) is 6.92 Å². The summed E-state index contributed by atoms with van der Waals surface area (Å²) >= 11 is 0. The number of hydrogen-bond donors (Lipinski definition) is 2. The molecule has 2 N–H and O–H groups in total. The fourth-order valence-corrected chi connectivity index (χ4v) is 1.41. The van der Waals surface area contributed by atoms with Crippen LogP contribution in [0.25, 0.3) is 0 Å². The topological polar surface area (TPSA) is 75.2 Å². The summed E-state index contributed by atoms with van der Waals surface area (Å²) in [6.45, 7) is 5.77. The Bertz CT molecular complexity index is 296. The summed E-state index contributed by atoms with van der Waals surface area (Å²) in [5, 5.41) is 6.38. The molecule has 0 atom stereocenters. The van der Waals surface area contributed by atoms with Gasteiger partial charge in [0.2, 0.25) is 5.91 Å². The molecule has 0 saturated carbocycles. The van der Waals surface area contributed by atoms with Gasteiger partial charge in [0.15, 0.2) is 5.96 Å². The monoisotopic (exact) mass is 302 g/mol. The Morgan fingerprint density at radius 1 is 1.14 bits per heavy atom. The Labute approximate surface area is 128 Å². The number of carbonyl (C=O) groups is 1. The molecule has 1 amide bonds. The number of carbonyl (C=O) groups excluding carboxylic acids is 1. The predicted molar refractivity (Wildman–Crippen MR) is 84.6 cm³/mol. The van der Waals surface area contributed by atoms with Crippen molar-refractivity contribution in [1.82, 2.24) is 15.5 Å². The summed E-state index contributed by atoms with van der Waals surface area (Å²) in [7, 11) is 5.12.